The third-order valence-corrected chi connectivity index (χ3v) is 5.15. The lowest BCUT2D eigenvalue weighted by atomic mass is 9.84. The average Bonchev–Trinajstić information content (AvgIpc) is 2.95. The third kappa shape index (κ3) is 2.32. The van der Waals surface area contributed by atoms with E-state index in [-0.39, 0.29) is 5.88 Å². The smallest absolute Gasteiger partial charge is 0.244 e. The number of fused-ring (bicyclic) bond motifs is 2. The molecule has 1 aliphatic heterocycles. The van der Waals surface area contributed by atoms with E-state index in [0.717, 1.165) is 33.3 Å². The molecule has 0 aliphatic carbocycles. The Balaban J connectivity index is 2.02. The predicted molar refractivity (Wildman–Crippen MR) is 98.8 cm³/mol. The largest absolute Gasteiger partial charge is 0.420 e. The molecule has 3 aromatic rings. The minimum absolute atomic E-state index is 0.0350. The number of allylic oxidation sites excluding steroid dienone is 1. The van der Waals surface area contributed by atoms with E-state index in [1.165, 1.54) is 0 Å². The number of aromatic amines is 1. The van der Waals surface area contributed by atoms with Crippen LogP contribution >= 0.6 is 11.6 Å². The fraction of sp³-hybridized carbons (Fsp3) is 0.211. The summed E-state index contributed by atoms with van der Waals surface area (Å²) in [7, 11) is 0. The second-order valence-corrected chi connectivity index (χ2v) is 6.85. The highest BCUT2D eigenvalue weighted by atomic mass is 35.5. The number of nitrogens with zero attached hydrogens (tertiary/aromatic N) is 3. The molecular formula is C19H16ClN5O. The number of ether oxygens (including phenoxy) is 1. The molecule has 0 amide bonds. The number of aromatic nitrogens is 3. The molecule has 1 unspecified atom stereocenters. The lowest BCUT2D eigenvalue weighted by Gasteiger charge is -2.24. The van der Waals surface area contributed by atoms with E-state index in [9.17, 15) is 5.26 Å². The van der Waals surface area contributed by atoms with Crippen molar-refractivity contribution in [1.29, 1.82) is 5.26 Å². The fourth-order valence-corrected chi connectivity index (χ4v) is 3.60. The summed E-state index contributed by atoms with van der Waals surface area (Å²) >= 11 is 6.53. The average molecular weight is 366 g/mol. The zero-order chi connectivity index (χ0) is 18.6. The van der Waals surface area contributed by atoms with E-state index in [1.807, 2.05) is 26.0 Å². The highest BCUT2D eigenvalue weighted by Crippen LogP contribution is 2.44. The predicted octanol–water partition coefficient (Wildman–Crippen LogP) is 3.75. The van der Waals surface area contributed by atoms with Crippen LogP contribution in [0.25, 0.3) is 10.9 Å². The molecule has 3 heterocycles. The topological polar surface area (TPSA) is 101 Å². The molecule has 3 N–H and O–H groups in total. The van der Waals surface area contributed by atoms with Gasteiger partial charge in [-0.25, -0.2) is 4.98 Å². The van der Waals surface area contributed by atoms with Crippen molar-refractivity contribution in [2.75, 3.05) is 0 Å². The first kappa shape index (κ1) is 16.4. The monoisotopic (exact) mass is 365 g/mol. The number of benzene rings is 1. The lowest BCUT2D eigenvalue weighted by molar-refractivity contribution is 0.379. The highest BCUT2D eigenvalue weighted by Gasteiger charge is 2.35. The van der Waals surface area contributed by atoms with Gasteiger partial charge in [-0.15, -0.1) is 5.10 Å². The zero-order valence-electron chi connectivity index (χ0n) is 14.5. The van der Waals surface area contributed by atoms with Gasteiger partial charge >= 0.3 is 0 Å². The first-order chi connectivity index (χ1) is 12.4. The summed E-state index contributed by atoms with van der Waals surface area (Å²) in [5.74, 6) is -0.0819. The maximum atomic E-state index is 9.67. The van der Waals surface area contributed by atoms with Crippen LogP contribution in [0.15, 0.2) is 29.7 Å². The molecular weight excluding hydrogens is 350 g/mol. The zero-order valence-corrected chi connectivity index (χ0v) is 15.3. The van der Waals surface area contributed by atoms with Gasteiger partial charge in [0.2, 0.25) is 11.8 Å². The van der Waals surface area contributed by atoms with Gasteiger partial charge in [-0.2, -0.15) is 5.26 Å². The first-order valence-corrected chi connectivity index (χ1v) is 8.48. The van der Waals surface area contributed by atoms with Crippen molar-refractivity contribution in [3.63, 3.8) is 0 Å². The van der Waals surface area contributed by atoms with E-state index in [4.69, 9.17) is 22.1 Å². The number of hydrogen-bond acceptors (Lipinski definition) is 5. The molecule has 2 aromatic heterocycles. The summed E-state index contributed by atoms with van der Waals surface area (Å²) in [6.07, 6.45) is 0. The van der Waals surface area contributed by atoms with Crippen molar-refractivity contribution in [2.24, 2.45) is 5.73 Å². The van der Waals surface area contributed by atoms with Crippen molar-refractivity contribution >= 4 is 22.5 Å². The molecule has 1 aromatic carbocycles. The maximum absolute atomic E-state index is 9.67. The van der Waals surface area contributed by atoms with Crippen molar-refractivity contribution in [3.05, 3.63) is 62.8 Å². The van der Waals surface area contributed by atoms with Gasteiger partial charge in [-0.3, -0.25) is 5.10 Å². The van der Waals surface area contributed by atoms with Gasteiger partial charge in [0.05, 0.1) is 11.4 Å². The Labute approximate surface area is 155 Å². The summed E-state index contributed by atoms with van der Waals surface area (Å²) < 4.78 is 5.50. The molecule has 7 heteroatoms. The molecule has 0 saturated heterocycles. The summed E-state index contributed by atoms with van der Waals surface area (Å²) in [6, 6.07) is 8.20. The molecule has 6 nitrogen and oxygen atoms in total. The second kappa shape index (κ2) is 5.75. The summed E-state index contributed by atoms with van der Waals surface area (Å²) in [4.78, 5) is 4.55. The molecule has 4 rings (SSSR count). The molecule has 0 spiro atoms. The van der Waals surface area contributed by atoms with Crippen LogP contribution in [0, 0.1) is 32.1 Å². The standard InChI is InChI=1S/C19H16ClN5O/c1-8-4-11-6-12(17(20)23-14(11)5-9(8)2)16-13(7-21)18(22)26-19-15(16)10(3)24-25-19/h4-6,16H,22H2,1-3H3,(H,24,25). The Hall–Kier alpha value is -3.04. The number of aryl methyl sites for hydroxylation is 3. The summed E-state index contributed by atoms with van der Waals surface area (Å²) in [6.45, 7) is 5.96. The van der Waals surface area contributed by atoms with Crippen LogP contribution < -0.4 is 10.5 Å². The number of nitrogens with two attached hydrogens (primary N) is 1. The molecule has 130 valence electrons. The van der Waals surface area contributed by atoms with Crippen LogP contribution in [0.2, 0.25) is 5.15 Å². The van der Waals surface area contributed by atoms with E-state index >= 15 is 0 Å². The van der Waals surface area contributed by atoms with E-state index < -0.39 is 5.92 Å². The van der Waals surface area contributed by atoms with Crippen LogP contribution in [0.4, 0.5) is 0 Å². The van der Waals surface area contributed by atoms with Crippen LogP contribution in [0.1, 0.15) is 33.9 Å². The van der Waals surface area contributed by atoms with Crippen molar-refractivity contribution in [3.8, 4) is 11.9 Å². The first-order valence-electron chi connectivity index (χ1n) is 8.10. The van der Waals surface area contributed by atoms with Gasteiger partial charge in [0.15, 0.2) is 0 Å². The van der Waals surface area contributed by atoms with Gasteiger partial charge in [-0.05, 0) is 50.1 Å². The molecule has 26 heavy (non-hydrogen) atoms. The summed E-state index contributed by atoms with van der Waals surface area (Å²) in [5, 5.41) is 18.0. The molecule has 0 fully saturated rings. The highest BCUT2D eigenvalue weighted by molar-refractivity contribution is 6.30. The Morgan fingerprint density at radius 1 is 1.23 bits per heavy atom. The van der Waals surface area contributed by atoms with Gasteiger partial charge in [0.1, 0.15) is 16.8 Å². The number of H-pyrrole nitrogens is 1. The third-order valence-electron chi connectivity index (χ3n) is 4.85. The number of halogens is 1. The van der Waals surface area contributed by atoms with Crippen LogP contribution in [-0.2, 0) is 0 Å². The molecule has 0 bridgehead atoms. The Kier molecular flexibility index (Phi) is 3.63. The Morgan fingerprint density at radius 2 is 1.96 bits per heavy atom. The number of nitriles is 1. The quantitative estimate of drug-likeness (QED) is 0.639. The number of hydrogen-bond donors (Lipinski definition) is 2. The van der Waals surface area contributed by atoms with Gasteiger partial charge in [0.25, 0.3) is 0 Å². The minimum atomic E-state index is -0.478. The normalized spacial score (nSPS) is 16.3. The van der Waals surface area contributed by atoms with Crippen molar-refractivity contribution in [2.45, 2.75) is 26.7 Å². The molecule has 0 radical (unpaired) electrons. The fourth-order valence-electron chi connectivity index (χ4n) is 3.35. The van der Waals surface area contributed by atoms with Crippen LogP contribution in [0.5, 0.6) is 5.88 Å². The van der Waals surface area contributed by atoms with Gasteiger partial charge < -0.3 is 10.5 Å². The van der Waals surface area contributed by atoms with Gasteiger partial charge in [-0.1, -0.05) is 11.6 Å². The number of nitrogens with one attached hydrogen (secondary N) is 1. The second-order valence-electron chi connectivity index (χ2n) is 6.49. The maximum Gasteiger partial charge on any atom is 0.244 e. The van der Waals surface area contributed by atoms with Crippen molar-refractivity contribution in [1.82, 2.24) is 15.2 Å². The van der Waals surface area contributed by atoms with E-state index in [1.54, 1.807) is 0 Å². The van der Waals surface area contributed by atoms with E-state index in [2.05, 4.69) is 34.2 Å². The summed E-state index contributed by atoms with van der Waals surface area (Å²) in [5.41, 5.74) is 11.6. The lowest BCUT2D eigenvalue weighted by Crippen LogP contribution is -2.21. The Morgan fingerprint density at radius 3 is 2.69 bits per heavy atom. The van der Waals surface area contributed by atoms with Crippen molar-refractivity contribution < 1.29 is 4.74 Å². The Bertz CT molecular complexity index is 1140. The minimum Gasteiger partial charge on any atom is -0.420 e. The molecule has 0 saturated carbocycles. The molecule has 1 aliphatic rings. The van der Waals surface area contributed by atoms with Gasteiger partial charge in [0, 0.05) is 22.2 Å². The van der Waals surface area contributed by atoms with Crippen LogP contribution in [-0.4, -0.2) is 15.2 Å². The van der Waals surface area contributed by atoms with E-state index in [0.29, 0.717) is 22.2 Å². The number of rotatable bonds is 1. The van der Waals surface area contributed by atoms with Crippen LogP contribution in [0.3, 0.4) is 0 Å². The molecule has 1 atom stereocenters. The number of pyridine rings is 1. The SMILES string of the molecule is Cc1cc2cc(C3C(C#N)=C(N)Oc4n[nH]c(C)c43)c(Cl)nc2cc1C.